The van der Waals surface area contributed by atoms with E-state index in [0.717, 1.165) is 12.1 Å². The number of benzene rings is 3. The second-order valence-electron chi connectivity index (χ2n) is 10.2. The van der Waals surface area contributed by atoms with Gasteiger partial charge in [0.05, 0.1) is 23.0 Å². The third-order valence-electron chi connectivity index (χ3n) is 7.41. The summed E-state index contributed by atoms with van der Waals surface area (Å²) in [4.78, 5) is 45.0. The van der Waals surface area contributed by atoms with E-state index in [1.165, 1.54) is 0 Å². The Kier molecular flexibility index (Phi) is 8.74. The van der Waals surface area contributed by atoms with E-state index < -0.39 is 17.5 Å². The highest BCUT2D eigenvalue weighted by Crippen LogP contribution is 2.30. The van der Waals surface area contributed by atoms with E-state index in [1.54, 1.807) is 52.3 Å². The Hall–Kier alpha value is -4.82. The molecule has 0 bridgehead atoms. The molecule has 2 saturated heterocycles. The summed E-state index contributed by atoms with van der Waals surface area (Å²) in [6.45, 7) is 4.42. The highest BCUT2D eigenvalue weighted by molar-refractivity contribution is 6.07. The molecule has 5 rings (SSSR count). The van der Waals surface area contributed by atoms with E-state index in [0.29, 0.717) is 92.9 Å². The van der Waals surface area contributed by atoms with Crippen LogP contribution >= 0.6 is 0 Å². The van der Waals surface area contributed by atoms with Crippen LogP contribution in [0, 0.1) is 23.0 Å². The average Bonchev–Trinajstić information content (AvgIpc) is 3.26. The van der Waals surface area contributed by atoms with Crippen LogP contribution in [0.1, 0.15) is 43.1 Å². The van der Waals surface area contributed by atoms with Gasteiger partial charge in [-0.3, -0.25) is 14.4 Å². The molecular weight excluding hydrogens is 542 g/mol. The molecule has 2 aliphatic rings. The smallest absolute Gasteiger partial charge is 0.255 e. The first kappa shape index (κ1) is 28.7. The van der Waals surface area contributed by atoms with Gasteiger partial charge in [0.2, 0.25) is 0 Å². The predicted octanol–water partition coefficient (Wildman–Crippen LogP) is 3.49. The monoisotopic (exact) mass is 572 g/mol. The number of nitrogens with one attached hydrogen (secondary N) is 2. The van der Waals surface area contributed by atoms with Crippen molar-refractivity contribution in [2.45, 2.75) is 6.42 Å². The maximum Gasteiger partial charge on any atom is 0.255 e. The third kappa shape index (κ3) is 6.56. The molecule has 3 amide bonds. The molecule has 216 valence electrons. The van der Waals surface area contributed by atoms with Gasteiger partial charge in [-0.25, -0.2) is 8.78 Å². The van der Waals surface area contributed by atoms with Crippen LogP contribution in [0.4, 0.5) is 20.2 Å². The normalized spacial score (nSPS) is 15.5. The number of hydrogen-bond donors (Lipinski definition) is 2. The molecule has 0 aliphatic carbocycles. The zero-order chi connectivity index (χ0) is 29.6. The Morgan fingerprint density at radius 2 is 1.38 bits per heavy atom. The molecule has 3 aromatic rings. The van der Waals surface area contributed by atoms with Crippen LogP contribution < -0.4 is 15.5 Å². The Morgan fingerprint density at radius 1 is 0.738 bits per heavy atom. The van der Waals surface area contributed by atoms with Crippen molar-refractivity contribution >= 4 is 29.1 Å². The van der Waals surface area contributed by atoms with Crippen LogP contribution in [-0.2, 0) is 0 Å². The van der Waals surface area contributed by atoms with Crippen molar-refractivity contribution in [1.82, 2.24) is 15.1 Å². The minimum atomic E-state index is -0.873. The van der Waals surface area contributed by atoms with Crippen molar-refractivity contribution in [2.75, 3.05) is 62.6 Å². The van der Waals surface area contributed by atoms with Crippen LogP contribution in [0.15, 0.2) is 60.7 Å². The molecule has 11 heteroatoms. The van der Waals surface area contributed by atoms with Gasteiger partial charge in [-0.1, -0.05) is 0 Å². The minimum absolute atomic E-state index is 0.139. The molecule has 0 spiro atoms. The summed E-state index contributed by atoms with van der Waals surface area (Å²) in [7, 11) is 0. The summed E-state index contributed by atoms with van der Waals surface area (Å²) in [5, 5.41) is 15.0. The largest absolute Gasteiger partial charge is 0.368 e. The second-order valence-corrected chi connectivity index (χ2v) is 10.2. The van der Waals surface area contributed by atoms with E-state index >= 15 is 0 Å². The number of rotatable bonds is 5. The highest BCUT2D eigenvalue weighted by atomic mass is 19.1. The van der Waals surface area contributed by atoms with Crippen molar-refractivity contribution in [3.05, 3.63) is 94.6 Å². The van der Waals surface area contributed by atoms with Gasteiger partial charge in [0, 0.05) is 75.1 Å². The zero-order valence-electron chi connectivity index (χ0n) is 22.9. The number of halogens is 2. The maximum absolute atomic E-state index is 13.9. The number of carbonyl (C=O) groups excluding carboxylic acids is 3. The van der Waals surface area contributed by atoms with E-state index in [9.17, 15) is 23.2 Å². The van der Waals surface area contributed by atoms with E-state index in [4.69, 9.17) is 5.26 Å². The summed E-state index contributed by atoms with van der Waals surface area (Å²) in [6, 6.07) is 16.2. The highest BCUT2D eigenvalue weighted by Gasteiger charge is 2.25. The van der Waals surface area contributed by atoms with Crippen LogP contribution in [0.25, 0.3) is 0 Å². The molecule has 0 unspecified atom stereocenters. The van der Waals surface area contributed by atoms with E-state index in [1.807, 2.05) is 11.0 Å². The van der Waals surface area contributed by atoms with Crippen molar-refractivity contribution in [3.8, 4) is 6.07 Å². The summed E-state index contributed by atoms with van der Waals surface area (Å²) < 4.78 is 27.7. The number of anilines is 2. The summed E-state index contributed by atoms with van der Waals surface area (Å²) in [5.41, 5.74) is 2.12. The van der Waals surface area contributed by atoms with Gasteiger partial charge in [0.1, 0.15) is 11.6 Å². The van der Waals surface area contributed by atoms with Crippen LogP contribution in [-0.4, -0.2) is 79.9 Å². The van der Waals surface area contributed by atoms with Crippen molar-refractivity contribution < 1.29 is 23.2 Å². The SMILES string of the molecule is N#Cc1ccc(C(=O)N2CCCN(c3ccc(C(=O)N4CCNCC4)cc3NC(=O)c3cc(F)cc(F)c3)CC2)cc1. The van der Waals surface area contributed by atoms with Gasteiger partial charge < -0.3 is 25.3 Å². The molecule has 2 fully saturated rings. The topological polar surface area (TPSA) is 109 Å². The first-order valence-electron chi connectivity index (χ1n) is 13.8. The van der Waals surface area contributed by atoms with Crippen molar-refractivity contribution in [2.24, 2.45) is 0 Å². The lowest BCUT2D eigenvalue weighted by molar-refractivity contribution is 0.0734. The molecule has 2 N–H and O–H groups in total. The fraction of sp³-hybridized carbons (Fsp3) is 0.290. The molecule has 0 atom stereocenters. The Balaban J connectivity index is 1.39. The number of hydrogen-bond acceptors (Lipinski definition) is 6. The molecule has 2 heterocycles. The van der Waals surface area contributed by atoms with Gasteiger partial charge in [-0.05, 0) is 61.0 Å². The molecule has 0 radical (unpaired) electrons. The fourth-order valence-corrected chi connectivity index (χ4v) is 5.21. The number of amides is 3. The second kappa shape index (κ2) is 12.8. The van der Waals surface area contributed by atoms with Gasteiger partial charge >= 0.3 is 0 Å². The summed E-state index contributed by atoms with van der Waals surface area (Å²) in [6.07, 6.45) is 0.645. The molecule has 3 aromatic carbocycles. The number of nitriles is 1. The van der Waals surface area contributed by atoms with Gasteiger partial charge in [0.15, 0.2) is 0 Å². The third-order valence-corrected chi connectivity index (χ3v) is 7.41. The number of nitrogens with zero attached hydrogens (tertiary/aromatic N) is 4. The molecule has 9 nitrogen and oxygen atoms in total. The molecular formula is C31H30F2N6O3. The Labute approximate surface area is 242 Å². The maximum atomic E-state index is 13.9. The standard InChI is InChI=1S/C31H30F2N6O3/c32-25-16-24(17-26(33)19-25)29(40)36-27-18-23(31(42)39-12-8-35-9-13-39)6-7-28(27)37-10-1-11-38(15-14-37)30(41)22-4-2-21(20-34)3-5-22/h2-7,16-19,35H,1,8-15H2,(H,36,40). The molecule has 2 aliphatic heterocycles. The lowest BCUT2D eigenvalue weighted by atomic mass is 10.1. The van der Waals surface area contributed by atoms with E-state index in [-0.39, 0.29) is 17.4 Å². The first-order valence-corrected chi connectivity index (χ1v) is 13.8. The lowest BCUT2D eigenvalue weighted by Gasteiger charge is -2.29. The van der Waals surface area contributed by atoms with Crippen LogP contribution in [0.3, 0.4) is 0 Å². The minimum Gasteiger partial charge on any atom is -0.368 e. The van der Waals surface area contributed by atoms with Crippen LogP contribution in [0.5, 0.6) is 0 Å². The predicted molar refractivity (Wildman–Crippen MR) is 153 cm³/mol. The molecule has 42 heavy (non-hydrogen) atoms. The summed E-state index contributed by atoms with van der Waals surface area (Å²) in [5.74, 6) is -2.77. The number of piperazine rings is 1. The fourth-order valence-electron chi connectivity index (χ4n) is 5.21. The van der Waals surface area contributed by atoms with Gasteiger partial charge in [-0.15, -0.1) is 0 Å². The first-order chi connectivity index (χ1) is 20.3. The molecule has 0 saturated carbocycles. The van der Waals surface area contributed by atoms with Crippen molar-refractivity contribution in [3.63, 3.8) is 0 Å². The molecule has 0 aromatic heterocycles. The van der Waals surface area contributed by atoms with Gasteiger partial charge in [0.25, 0.3) is 17.7 Å². The lowest BCUT2D eigenvalue weighted by Crippen LogP contribution is -2.46. The van der Waals surface area contributed by atoms with Crippen LogP contribution in [0.2, 0.25) is 0 Å². The van der Waals surface area contributed by atoms with Crippen molar-refractivity contribution in [1.29, 1.82) is 5.26 Å². The van der Waals surface area contributed by atoms with Gasteiger partial charge in [-0.2, -0.15) is 5.26 Å². The Bertz CT molecular complexity index is 1510. The quantitative estimate of drug-likeness (QED) is 0.485. The Morgan fingerprint density at radius 3 is 2.07 bits per heavy atom. The summed E-state index contributed by atoms with van der Waals surface area (Å²) >= 11 is 0. The zero-order valence-corrected chi connectivity index (χ0v) is 22.9. The number of carbonyl (C=O) groups is 3. The van der Waals surface area contributed by atoms with E-state index in [2.05, 4.69) is 10.6 Å². The average molecular weight is 573 g/mol.